The number of rotatable bonds is 9. The molecule has 4 aromatic rings. The van der Waals surface area contributed by atoms with E-state index in [1.807, 2.05) is 29.1 Å². The van der Waals surface area contributed by atoms with Crippen molar-refractivity contribution in [1.29, 1.82) is 0 Å². The normalized spacial score (nSPS) is 19.1. The topological polar surface area (TPSA) is 102 Å². The standard InChI is InChI=1S/C29H35N7O2/c1-2-20-11-12-26-22(15-20)16-25(29(37)31-26)27(28-32-33-34-36(28)23-8-3-4-9-23)35(19-24-10-6-14-38-24)18-21-7-5-13-30-17-21/h5,7,11-13,15-17,23-24,27H,2-4,6,8-10,14,18-19H2,1H3,(H,31,37)/t24-,27-/m1/s1. The monoisotopic (exact) mass is 513 g/mol. The number of tetrazole rings is 1. The van der Waals surface area contributed by atoms with Crippen LogP contribution in [0.3, 0.4) is 0 Å². The summed E-state index contributed by atoms with van der Waals surface area (Å²) in [5.74, 6) is 0.718. The second kappa shape index (κ2) is 11.1. The van der Waals surface area contributed by atoms with Gasteiger partial charge in [0, 0.05) is 43.2 Å². The van der Waals surface area contributed by atoms with Gasteiger partial charge in [-0.2, -0.15) is 0 Å². The van der Waals surface area contributed by atoms with E-state index in [2.05, 4.69) is 55.5 Å². The van der Waals surface area contributed by atoms with Crippen LogP contribution in [0.5, 0.6) is 0 Å². The largest absolute Gasteiger partial charge is 0.377 e. The second-order valence-electron chi connectivity index (χ2n) is 10.6. The fourth-order valence-electron chi connectivity index (χ4n) is 6.02. The number of aromatic nitrogens is 6. The molecule has 2 aliphatic rings. The van der Waals surface area contributed by atoms with Gasteiger partial charge in [-0.25, -0.2) is 4.68 Å². The molecule has 0 amide bonds. The molecule has 0 unspecified atom stereocenters. The van der Waals surface area contributed by atoms with Crippen molar-refractivity contribution in [1.82, 2.24) is 35.1 Å². The van der Waals surface area contributed by atoms with Crippen molar-refractivity contribution in [3.63, 3.8) is 0 Å². The highest BCUT2D eigenvalue weighted by Gasteiger charge is 2.35. The average molecular weight is 514 g/mol. The lowest BCUT2D eigenvalue weighted by Crippen LogP contribution is -2.39. The molecule has 0 radical (unpaired) electrons. The Morgan fingerprint density at radius 3 is 2.79 bits per heavy atom. The molecule has 2 atom stereocenters. The zero-order chi connectivity index (χ0) is 25.9. The van der Waals surface area contributed by atoms with Crippen LogP contribution in [0.1, 0.15) is 80.0 Å². The average Bonchev–Trinajstić information content (AvgIpc) is 3.73. The predicted molar refractivity (Wildman–Crippen MR) is 145 cm³/mol. The van der Waals surface area contributed by atoms with E-state index in [0.717, 1.165) is 61.0 Å². The minimum atomic E-state index is -0.437. The number of fused-ring (bicyclic) bond motifs is 1. The number of benzene rings is 1. The summed E-state index contributed by atoms with van der Waals surface area (Å²) in [6, 6.07) is 12.1. The van der Waals surface area contributed by atoms with E-state index in [-0.39, 0.29) is 17.7 Å². The van der Waals surface area contributed by atoms with Gasteiger partial charge >= 0.3 is 0 Å². The summed E-state index contributed by atoms with van der Waals surface area (Å²) in [6.07, 6.45) is 11.2. The van der Waals surface area contributed by atoms with Gasteiger partial charge < -0.3 is 9.72 Å². The number of aromatic amines is 1. The third-order valence-electron chi connectivity index (χ3n) is 8.01. The van der Waals surface area contributed by atoms with Crippen LogP contribution in [-0.4, -0.2) is 54.3 Å². The highest BCUT2D eigenvalue weighted by molar-refractivity contribution is 5.80. The summed E-state index contributed by atoms with van der Waals surface area (Å²) >= 11 is 0. The third kappa shape index (κ3) is 5.13. The molecule has 9 heteroatoms. The van der Waals surface area contributed by atoms with Gasteiger partial charge in [-0.15, -0.1) is 5.10 Å². The van der Waals surface area contributed by atoms with Crippen LogP contribution in [-0.2, 0) is 17.7 Å². The summed E-state index contributed by atoms with van der Waals surface area (Å²) in [7, 11) is 0. The van der Waals surface area contributed by atoms with Gasteiger partial charge in [0.2, 0.25) is 0 Å². The zero-order valence-electron chi connectivity index (χ0n) is 21.9. The van der Waals surface area contributed by atoms with Crippen LogP contribution < -0.4 is 5.56 Å². The zero-order valence-corrected chi connectivity index (χ0v) is 21.9. The molecule has 1 N–H and O–H groups in total. The van der Waals surface area contributed by atoms with Crippen molar-refractivity contribution in [3.05, 3.63) is 81.7 Å². The smallest absolute Gasteiger partial charge is 0.253 e. The first-order valence-electron chi connectivity index (χ1n) is 13.9. The van der Waals surface area contributed by atoms with Crippen molar-refractivity contribution in [2.75, 3.05) is 13.2 Å². The SMILES string of the molecule is CCc1ccc2[nH]c(=O)c([C@H](c3nnnn3C3CCCC3)N(Cc3cccnc3)C[C@H]3CCCO3)cc2c1. The van der Waals surface area contributed by atoms with Crippen LogP contribution in [0, 0.1) is 0 Å². The van der Waals surface area contributed by atoms with Gasteiger partial charge in [-0.3, -0.25) is 14.7 Å². The Morgan fingerprint density at radius 2 is 2.03 bits per heavy atom. The number of hydrogen-bond acceptors (Lipinski definition) is 7. The van der Waals surface area contributed by atoms with Gasteiger partial charge in [-0.1, -0.05) is 31.9 Å². The molecular formula is C29H35N7O2. The number of aryl methyl sites for hydroxylation is 1. The first kappa shape index (κ1) is 24.9. The first-order valence-corrected chi connectivity index (χ1v) is 13.9. The molecule has 6 rings (SSSR count). The number of H-pyrrole nitrogens is 1. The van der Waals surface area contributed by atoms with Crippen LogP contribution in [0.15, 0.2) is 53.6 Å². The van der Waals surface area contributed by atoms with Crippen molar-refractivity contribution >= 4 is 10.9 Å². The first-order chi connectivity index (χ1) is 18.7. The van der Waals surface area contributed by atoms with Gasteiger partial charge in [-0.05, 0) is 83.3 Å². The Morgan fingerprint density at radius 1 is 1.13 bits per heavy atom. The van der Waals surface area contributed by atoms with Crippen LogP contribution in [0.4, 0.5) is 0 Å². The van der Waals surface area contributed by atoms with Crippen LogP contribution >= 0.6 is 0 Å². The van der Waals surface area contributed by atoms with Gasteiger partial charge in [0.15, 0.2) is 5.82 Å². The molecule has 2 fully saturated rings. The molecule has 1 aromatic carbocycles. The van der Waals surface area contributed by atoms with Crippen LogP contribution in [0.2, 0.25) is 0 Å². The summed E-state index contributed by atoms with van der Waals surface area (Å²) in [5, 5.41) is 14.2. The van der Waals surface area contributed by atoms with E-state index in [9.17, 15) is 4.79 Å². The molecule has 9 nitrogen and oxygen atoms in total. The minimum Gasteiger partial charge on any atom is -0.377 e. The van der Waals surface area contributed by atoms with Crippen LogP contribution in [0.25, 0.3) is 10.9 Å². The number of ether oxygens (including phenoxy) is 1. The van der Waals surface area contributed by atoms with Crippen molar-refractivity contribution in [2.24, 2.45) is 0 Å². The molecule has 0 bridgehead atoms. The summed E-state index contributed by atoms with van der Waals surface area (Å²) in [4.78, 5) is 23.6. The maximum absolute atomic E-state index is 13.7. The lowest BCUT2D eigenvalue weighted by atomic mass is 10.00. The number of pyridine rings is 2. The highest BCUT2D eigenvalue weighted by Crippen LogP contribution is 2.35. The fraction of sp³-hybridized carbons (Fsp3) is 0.483. The number of hydrogen-bond donors (Lipinski definition) is 1. The highest BCUT2D eigenvalue weighted by atomic mass is 16.5. The Balaban J connectivity index is 1.51. The predicted octanol–water partition coefficient (Wildman–Crippen LogP) is 4.36. The van der Waals surface area contributed by atoms with E-state index < -0.39 is 6.04 Å². The minimum absolute atomic E-state index is 0.0937. The molecule has 1 saturated carbocycles. The molecule has 38 heavy (non-hydrogen) atoms. The second-order valence-corrected chi connectivity index (χ2v) is 10.6. The van der Waals surface area contributed by atoms with Gasteiger partial charge in [0.1, 0.15) is 6.04 Å². The van der Waals surface area contributed by atoms with E-state index in [4.69, 9.17) is 4.74 Å². The molecular weight excluding hydrogens is 478 g/mol. The quantitative estimate of drug-likeness (QED) is 0.355. The van der Waals surface area contributed by atoms with Crippen molar-refractivity contribution in [3.8, 4) is 0 Å². The number of nitrogens with zero attached hydrogens (tertiary/aromatic N) is 6. The van der Waals surface area contributed by atoms with E-state index in [1.165, 1.54) is 18.4 Å². The molecule has 198 valence electrons. The van der Waals surface area contributed by atoms with E-state index >= 15 is 0 Å². The van der Waals surface area contributed by atoms with Crippen molar-refractivity contribution in [2.45, 2.75) is 76.6 Å². The molecule has 4 heterocycles. The van der Waals surface area contributed by atoms with Gasteiger partial charge in [0.05, 0.1) is 12.1 Å². The van der Waals surface area contributed by atoms with E-state index in [0.29, 0.717) is 18.7 Å². The Bertz CT molecular complexity index is 1420. The Hall–Kier alpha value is -3.43. The number of nitrogens with one attached hydrogen (secondary N) is 1. The summed E-state index contributed by atoms with van der Waals surface area (Å²) in [6.45, 7) is 4.18. The lowest BCUT2D eigenvalue weighted by Gasteiger charge is -2.33. The molecule has 1 aliphatic heterocycles. The maximum Gasteiger partial charge on any atom is 0.253 e. The Kier molecular flexibility index (Phi) is 7.29. The van der Waals surface area contributed by atoms with E-state index in [1.54, 1.807) is 6.20 Å². The third-order valence-corrected chi connectivity index (χ3v) is 8.01. The Labute approximate surface area is 222 Å². The van der Waals surface area contributed by atoms with Gasteiger partial charge in [0.25, 0.3) is 5.56 Å². The molecule has 1 aliphatic carbocycles. The maximum atomic E-state index is 13.7. The lowest BCUT2D eigenvalue weighted by molar-refractivity contribution is 0.0569. The van der Waals surface area contributed by atoms with Crippen molar-refractivity contribution < 1.29 is 4.74 Å². The molecule has 3 aromatic heterocycles. The summed E-state index contributed by atoms with van der Waals surface area (Å²) in [5.41, 5.74) is 3.68. The summed E-state index contributed by atoms with van der Waals surface area (Å²) < 4.78 is 8.07. The molecule has 1 saturated heterocycles. The fourth-order valence-corrected chi connectivity index (χ4v) is 6.02. The molecule has 0 spiro atoms.